The van der Waals surface area contributed by atoms with Crippen LogP contribution >= 0.6 is 12.4 Å². The molecule has 2 aromatic rings. The molecule has 0 amide bonds. The zero-order valence-electron chi connectivity index (χ0n) is 18.8. The van der Waals surface area contributed by atoms with Crippen LogP contribution in [0.3, 0.4) is 0 Å². The second-order valence-electron chi connectivity index (χ2n) is 8.07. The lowest BCUT2D eigenvalue weighted by Gasteiger charge is -2.34. The molecule has 0 N–H and O–H groups in total. The van der Waals surface area contributed by atoms with Crippen LogP contribution in [0.2, 0.25) is 0 Å². The van der Waals surface area contributed by atoms with Gasteiger partial charge in [-0.3, -0.25) is 4.79 Å². The van der Waals surface area contributed by atoms with Crippen molar-refractivity contribution >= 4 is 24.1 Å². The highest BCUT2D eigenvalue weighted by molar-refractivity contribution is 5.85. The Balaban J connectivity index is 0.00000341. The van der Waals surface area contributed by atoms with Crippen LogP contribution in [0.15, 0.2) is 42.5 Å². The lowest BCUT2D eigenvalue weighted by molar-refractivity contribution is -0.145. The van der Waals surface area contributed by atoms with Crippen LogP contribution in [0.1, 0.15) is 49.7 Å². The Hall–Kier alpha value is -2.27. The van der Waals surface area contributed by atoms with Gasteiger partial charge in [-0.2, -0.15) is 0 Å². The van der Waals surface area contributed by atoms with Gasteiger partial charge in [-0.25, -0.2) is 4.39 Å². The Kier molecular flexibility index (Phi) is 9.17. The minimum atomic E-state index is -0.276. The SMILES string of the molecule is CCCCc1ccc(OC)c(N(C)C2CCC(C(=O)OC)C2c2ccc(F)cc2)c1.Cl. The highest BCUT2D eigenvalue weighted by Gasteiger charge is 2.44. The van der Waals surface area contributed by atoms with E-state index in [1.807, 2.05) is 6.07 Å². The van der Waals surface area contributed by atoms with Crippen molar-refractivity contribution in [2.75, 3.05) is 26.2 Å². The molecule has 0 aliphatic heterocycles. The summed E-state index contributed by atoms with van der Waals surface area (Å²) in [5, 5.41) is 0. The van der Waals surface area contributed by atoms with Gasteiger partial charge >= 0.3 is 5.97 Å². The number of aryl methyl sites for hydroxylation is 1. The van der Waals surface area contributed by atoms with E-state index in [4.69, 9.17) is 9.47 Å². The van der Waals surface area contributed by atoms with Gasteiger partial charge in [0.1, 0.15) is 11.6 Å². The Morgan fingerprint density at radius 3 is 2.45 bits per heavy atom. The quantitative estimate of drug-likeness (QED) is 0.479. The van der Waals surface area contributed by atoms with Crippen molar-refractivity contribution in [1.82, 2.24) is 0 Å². The van der Waals surface area contributed by atoms with E-state index in [0.29, 0.717) is 0 Å². The molecule has 0 aromatic heterocycles. The van der Waals surface area contributed by atoms with E-state index in [9.17, 15) is 9.18 Å². The minimum Gasteiger partial charge on any atom is -0.495 e. The third-order valence-electron chi connectivity index (χ3n) is 6.32. The fraction of sp³-hybridized carbons (Fsp3) is 0.480. The molecular formula is C25H33ClFNO3. The predicted octanol–water partition coefficient (Wildman–Crippen LogP) is 5.77. The third kappa shape index (κ3) is 5.51. The average Bonchev–Trinajstić information content (AvgIpc) is 3.22. The molecule has 3 rings (SSSR count). The number of anilines is 1. The summed E-state index contributed by atoms with van der Waals surface area (Å²) in [6, 6.07) is 12.9. The summed E-state index contributed by atoms with van der Waals surface area (Å²) >= 11 is 0. The van der Waals surface area contributed by atoms with Gasteiger partial charge in [-0.1, -0.05) is 31.5 Å². The minimum absolute atomic E-state index is 0. The highest BCUT2D eigenvalue weighted by atomic mass is 35.5. The molecule has 4 nitrogen and oxygen atoms in total. The summed E-state index contributed by atoms with van der Waals surface area (Å²) in [6.45, 7) is 2.19. The van der Waals surface area contributed by atoms with Gasteiger partial charge in [0.25, 0.3) is 0 Å². The van der Waals surface area contributed by atoms with Gasteiger partial charge < -0.3 is 14.4 Å². The van der Waals surface area contributed by atoms with Gasteiger partial charge in [0.15, 0.2) is 0 Å². The number of hydrogen-bond donors (Lipinski definition) is 0. The van der Waals surface area contributed by atoms with E-state index in [1.165, 1.54) is 24.8 Å². The van der Waals surface area contributed by atoms with Gasteiger partial charge in [0.2, 0.25) is 0 Å². The zero-order chi connectivity index (χ0) is 21.7. The molecule has 0 saturated heterocycles. The van der Waals surface area contributed by atoms with E-state index in [0.717, 1.165) is 49.1 Å². The topological polar surface area (TPSA) is 38.8 Å². The predicted molar refractivity (Wildman–Crippen MR) is 125 cm³/mol. The largest absolute Gasteiger partial charge is 0.495 e. The van der Waals surface area contributed by atoms with Crippen LogP contribution in [0, 0.1) is 11.7 Å². The summed E-state index contributed by atoms with van der Waals surface area (Å²) in [4.78, 5) is 14.8. The standard InChI is InChI=1S/C25H32FNO3.ClH/c1-5-6-7-17-8-15-23(29-3)22(16-17)27(2)21-14-13-20(25(28)30-4)24(21)18-9-11-19(26)12-10-18;/h8-12,15-16,20-21,24H,5-7,13-14H2,1-4H3;1H. The summed E-state index contributed by atoms with van der Waals surface area (Å²) < 4.78 is 24.3. The number of likely N-dealkylation sites (N-methyl/N-ethyl adjacent to an activating group) is 1. The van der Waals surface area contributed by atoms with Crippen molar-refractivity contribution in [3.05, 3.63) is 59.4 Å². The molecule has 1 aliphatic carbocycles. The third-order valence-corrected chi connectivity index (χ3v) is 6.32. The van der Waals surface area contributed by atoms with Crippen LogP contribution in [0.5, 0.6) is 5.75 Å². The molecule has 1 aliphatic rings. The molecule has 1 fully saturated rings. The van der Waals surface area contributed by atoms with Gasteiger partial charge in [-0.15, -0.1) is 12.4 Å². The summed E-state index contributed by atoms with van der Waals surface area (Å²) in [5.74, 6) is 0.0109. The molecule has 6 heteroatoms. The first kappa shape index (κ1) is 25.0. The number of nitrogens with zero attached hydrogens (tertiary/aromatic N) is 1. The Morgan fingerprint density at radius 2 is 1.84 bits per heavy atom. The molecule has 0 heterocycles. The molecule has 31 heavy (non-hydrogen) atoms. The number of halogens is 2. The highest BCUT2D eigenvalue weighted by Crippen LogP contribution is 2.45. The first-order chi connectivity index (χ1) is 14.5. The Bertz CT molecular complexity index is 858. The van der Waals surface area contributed by atoms with Crippen molar-refractivity contribution < 1.29 is 18.7 Å². The molecule has 3 unspecified atom stereocenters. The molecule has 3 atom stereocenters. The fourth-order valence-electron chi connectivity index (χ4n) is 4.69. The van der Waals surface area contributed by atoms with Crippen LogP contribution in [0.4, 0.5) is 10.1 Å². The second kappa shape index (κ2) is 11.4. The molecule has 0 radical (unpaired) electrons. The van der Waals surface area contributed by atoms with Crippen LogP contribution < -0.4 is 9.64 Å². The van der Waals surface area contributed by atoms with Crippen LogP contribution in [-0.4, -0.2) is 33.3 Å². The maximum absolute atomic E-state index is 13.5. The van der Waals surface area contributed by atoms with Crippen molar-refractivity contribution in [3.63, 3.8) is 0 Å². The van der Waals surface area contributed by atoms with Gasteiger partial charge in [-0.05, 0) is 61.1 Å². The number of esters is 1. The molecule has 170 valence electrons. The maximum atomic E-state index is 13.5. The van der Waals surface area contributed by atoms with Gasteiger partial charge in [0.05, 0.1) is 25.8 Å². The van der Waals surface area contributed by atoms with Crippen LogP contribution in [0.25, 0.3) is 0 Å². The maximum Gasteiger partial charge on any atom is 0.309 e. The first-order valence-corrected chi connectivity index (χ1v) is 10.7. The summed E-state index contributed by atoms with van der Waals surface area (Å²) in [7, 11) is 5.17. The molecule has 1 saturated carbocycles. The number of hydrogen-bond acceptors (Lipinski definition) is 4. The van der Waals surface area contributed by atoms with Gasteiger partial charge in [0, 0.05) is 19.0 Å². The summed E-state index contributed by atoms with van der Waals surface area (Å²) in [6.07, 6.45) is 4.90. The Labute approximate surface area is 191 Å². The normalized spacial score (nSPS) is 20.1. The van der Waals surface area contributed by atoms with Crippen molar-refractivity contribution in [1.29, 1.82) is 0 Å². The number of unbranched alkanes of at least 4 members (excludes halogenated alkanes) is 1. The molecular weight excluding hydrogens is 417 g/mol. The number of carbonyl (C=O) groups is 1. The second-order valence-corrected chi connectivity index (χ2v) is 8.07. The lowest BCUT2D eigenvalue weighted by Crippen LogP contribution is -2.36. The number of methoxy groups -OCH3 is 2. The number of ether oxygens (including phenoxy) is 2. The smallest absolute Gasteiger partial charge is 0.309 e. The van der Waals surface area contributed by atoms with Crippen LogP contribution in [-0.2, 0) is 16.0 Å². The van der Waals surface area contributed by atoms with E-state index >= 15 is 0 Å². The number of benzene rings is 2. The van der Waals surface area contributed by atoms with Crippen molar-refractivity contribution in [3.8, 4) is 5.75 Å². The Morgan fingerprint density at radius 1 is 1.13 bits per heavy atom. The lowest BCUT2D eigenvalue weighted by atomic mass is 9.85. The number of rotatable bonds is 8. The molecule has 2 aromatic carbocycles. The summed E-state index contributed by atoms with van der Waals surface area (Å²) in [5.41, 5.74) is 3.26. The van der Waals surface area contributed by atoms with E-state index in [-0.39, 0.29) is 42.1 Å². The average molecular weight is 450 g/mol. The zero-order valence-corrected chi connectivity index (χ0v) is 19.6. The van der Waals surface area contributed by atoms with E-state index < -0.39 is 0 Å². The van der Waals surface area contributed by atoms with Crippen molar-refractivity contribution in [2.45, 2.75) is 51.0 Å². The first-order valence-electron chi connectivity index (χ1n) is 10.7. The van der Waals surface area contributed by atoms with E-state index in [2.05, 4.69) is 31.0 Å². The van der Waals surface area contributed by atoms with Crippen molar-refractivity contribution in [2.24, 2.45) is 5.92 Å². The molecule has 0 spiro atoms. The fourth-order valence-corrected chi connectivity index (χ4v) is 4.69. The number of carbonyl (C=O) groups excluding carboxylic acids is 1. The molecule has 0 bridgehead atoms. The monoisotopic (exact) mass is 449 g/mol. The van der Waals surface area contributed by atoms with E-state index in [1.54, 1.807) is 19.2 Å².